The summed E-state index contributed by atoms with van der Waals surface area (Å²) in [6.45, 7) is 4.19. The zero-order valence-electron chi connectivity index (χ0n) is 24.3. The van der Waals surface area contributed by atoms with Gasteiger partial charge in [-0.2, -0.15) is 0 Å². The van der Waals surface area contributed by atoms with Gasteiger partial charge < -0.3 is 24.8 Å². The molecule has 2 amide bonds. The van der Waals surface area contributed by atoms with Gasteiger partial charge in [0.25, 0.3) is 0 Å². The largest absolute Gasteiger partial charge is 0.453 e. The number of hydrogen-bond acceptors (Lipinski definition) is 7. The highest BCUT2D eigenvalue weighted by Crippen LogP contribution is 2.48. The zero-order valence-corrected chi connectivity index (χ0v) is 25.1. The summed E-state index contributed by atoms with van der Waals surface area (Å²) in [5.74, 6) is -2.04. The fourth-order valence-electron chi connectivity index (χ4n) is 5.51. The Morgan fingerprint density at radius 3 is 2.49 bits per heavy atom. The molecular formula is C33H30F2N6O3S. The van der Waals surface area contributed by atoms with Crippen LogP contribution >= 0.6 is 11.3 Å². The highest BCUT2D eigenvalue weighted by atomic mass is 32.1. The van der Waals surface area contributed by atoms with Gasteiger partial charge in [0.15, 0.2) is 11.6 Å². The molecule has 1 aliphatic carbocycles. The van der Waals surface area contributed by atoms with E-state index in [1.165, 1.54) is 54.5 Å². The maximum atomic E-state index is 15.2. The van der Waals surface area contributed by atoms with Crippen molar-refractivity contribution >= 4 is 44.7 Å². The van der Waals surface area contributed by atoms with Gasteiger partial charge in [0.05, 0.1) is 32.8 Å². The van der Waals surface area contributed by atoms with Gasteiger partial charge in [0.2, 0.25) is 11.8 Å². The second-order valence-corrected chi connectivity index (χ2v) is 12.4. The third-order valence-electron chi connectivity index (χ3n) is 8.29. The molecule has 5 aromatic rings. The molecule has 2 aromatic carbocycles. The molecule has 0 spiro atoms. The van der Waals surface area contributed by atoms with E-state index in [4.69, 9.17) is 4.74 Å². The molecule has 2 aliphatic rings. The van der Waals surface area contributed by atoms with Crippen molar-refractivity contribution in [3.63, 3.8) is 0 Å². The number of nitrogens with one attached hydrogen (secondary N) is 2. The van der Waals surface area contributed by atoms with Crippen LogP contribution in [0.3, 0.4) is 0 Å². The number of amides is 2. The molecule has 0 bridgehead atoms. The van der Waals surface area contributed by atoms with E-state index < -0.39 is 28.9 Å². The van der Waals surface area contributed by atoms with Crippen LogP contribution < -0.4 is 15.4 Å². The Morgan fingerprint density at radius 1 is 0.911 bits per heavy atom. The number of hydrogen-bond donors (Lipinski definition) is 2. The van der Waals surface area contributed by atoms with Crippen LogP contribution in [-0.4, -0.2) is 50.9 Å². The average molecular weight is 629 g/mol. The van der Waals surface area contributed by atoms with Crippen LogP contribution in [0.15, 0.2) is 73.3 Å². The second-order valence-electron chi connectivity index (χ2n) is 11.4. The van der Waals surface area contributed by atoms with Crippen molar-refractivity contribution in [2.24, 2.45) is 5.41 Å². The Morgan fingerprint density at radius 2 is 1.71 bits per heavy atom. The Bertz CT molecular complexity index is 1900. The number of thiophene rings is 1. The highest BCUT2D eigenvalue weighted by Gasteiger charge is 2.56. The lowest BCUT2D eigenvalue weighted by Crippen LogP contribution is -2.35. The molecule has 7 rings (SSSR count). The summed E-state index contributed by atoms with van der Waals surface area (Å²) in [5.41, 5.74) is 0.393. The molecule has 0 atom stereocenters. The lowest BCUT2D eigenvalue weighted by Gasteiger charge is -2.16. The van der Waals surface area contributed by atoms with Crippen molar-refractivity contribution in [1.82, 2.24) is 19.4 Å². The summed E-state index contributed by atoms with van der Waals surface area (Å²) in [5, 5.41) is 5.12. The van der Waals surface area contributed by atoms with Crippen LogP contribution in [0.4, 0.5) is 20.2 Å². The minimum atomic E-state index is -1.34. The van der Waals surface area contributed by atoms with E-state index in [0.29, 0.717) is 24.1 Å². The standard InChI is InChI=1S/C33H30F2N6O3S/c34-22-5-1-2-6-24(22)39-32(43)33(10-11-33)31(42)38-21-7-8-27(23(35)17-21)44-28-9-12-36-25-18-29(45-30(25)28)26-19-41(20-37-26)16-15-40-13-3-4-14-40/h1-2,5-9,12,17-20H,3-4,10-11,13-16H2,(H,38,42)(H,39,43). The summed E-state index contributed by atoms with van der Waals surface area (Å²) < 4.78 is 38.1. The number of ether oxygens (including phenoxy) is 1. The van der Waals surface area contributed by atoms with Crippen molar-refractivity contribution in [2.75, 3.05) is 30.3 Å². The van der Waals surface area contributed by atoms with Crippen molar-refractivity contribution in [3.05, 3.63) is 85.0 Å². The molecule has 3 aromatic heterocycles. The maximum absolute atomic E-state index is 15.2. The number of aromatic nitrogens is 3. The van der Waals surface area contributed by atoms with Crippen LogP contribution in [0.2, 0.25) is 0 Å². The van der Waals surface area contributed by atoms with Crippen molar-refractivity contribution in [1.29, 1.82) is 0 Å². The monoisotopic (exact) mass is 628 g/mol. The predicted octanol–water partition coefficient (Wildman–Crippen LogP) is 6.68. The molecule has 1 aliphatic heterocycles. The molecule has 12 heteroatoms. The number of fused-ring (bicyclic) bond motifs is 1. The molecule has 1 saturated heterocycles. The lowest BCUT2D eigenvalue weighted by atomic mass is 10.0. The molecule has 0 radical (unpaired) electrons. The van der Waals surface area contributed by atoms with Crippen LogP contribution in [0.5, 0.6) is 11.5 Å². The topological polar surface area (TPSA) is 101 Å². The van der Waals surface area contributed by atoms with E-state index in [2.05, 4.69) is 30.1 Å². The third-order valence-corrected chi connectivity index (χ3v) is 9.45. The van der Waals surface area contributed by atoms with E-state index in [1.54, 1.807) is 18.3 Å². The molecule has 2 N–H and O–H groups in total. The molecule has 45 heavy (non-hydrogen) atoms. The zero-order chi connectivity index (χ0) is 31.0. The Hall–Kier alpha value is -4.68. The molecule has 1 saturated carbocycles. The van der Waals surface area contributed by atoms with Gasteiger partial charge in [0.1, 0.15) is 17.0 Å². The maximum Gasteiger partial charge on any atom is 0.240 e. The second kappa shape index (κ2) is 12.0. The number of pyridine rings is 1. The summed E-state index contributed by atoms with van der Waals surface area (Å²) >= 11 is 1.47. The van der Waals surface area contributed by atoms with E-state index in [9.17, 15) is 14.0 Å². The number of halogens is 2. The first-order valence-corrected chi connectivity index (χ1v) is 15.7. The summed E-state index contributed by atoms with van der Waals surface area (Å²) in [4.78, 5) is 38.3. The molecule has 230 valence electrons. The SMILES string of the molecule is O=C(Nc1ccc(Oc2ccnc3cc(-c4cn(CCN5CCCC5)cn4)sc23)c(F)c1)C1(C(=O)Nc2ccccc2F)CC1. The van der Waals surface area contributed by atoms with Gasteiger partial charge in [-0.05, 0) is 69.1 Å². The van der Waals surface area contributed by atoms with E-state index >= 15 is 4.39 Å². The molecule has 0 unspecified atom stereocenters. The Balaban J connectivity index is 1.02. The average Bonchev–Trinajstić information content (AvgIpc) is 3.36. The Labute approximate surface area is 261 Å². The quantitative estimate of drug-likeness (QED) is 0.167. The normalized spacial score (nSPS) is 15.7. The van der Waals surface area contributed by atoms with Gasteiger partial charge in [-0.15, -0.1) is 11.3 Å². The lowest BCUT2D eigenvalue weighted by molar-refractivity contribution is -0.131. The minimum absolute atomic E-state index is 0.000197. The van der Waals surface area contributed by atoms with Crippen LogP contribution in [0.25, 0.3) is 20.8 Å². The van der Waals surface area contributed by atoms with Gasteiger partial charge >= 0.3 is 0 Å². The first kappa shape index (κ1) is 29.1. The fourth-order valence-corrected chi connectivity index (χ4v) is 6.54. The number of benzene rings is 2. The van der Waals surface area contributed by atoms with E-state index in [-0.39, 0.29) is 17.1 Å². The number of likely N-dealkylation sites (tertiary alicyclic amines) is 1. The number of imidazole rings is 1. The number of carbonyl (C=O) groups excluding carboxylic acids is 2. The third kappa shape index (κ3) is 6.03. The van der Waals surface area contributed by atoms with Crippen LogP contribution in [-0.2, 0) is 16.1 Å². The van der Waals surface area contributed by atoms with Crippen LogP contribution in [0, 0.1) is 17.0 Å². The molecule has 4 heterocycles. The van der Waals surface area contributed by atoms with Gasteiger partial charge in [-0.25, -0.2) is 13.8 Å². The summed E-state index contributed by atoms with van der Waals surface area (Å²) in [6.07, 6.45) is 8.63. The number of para-hydroxylation sites is 1. The Kier molecular flexibility index (Phi) is 7.76. The van der Waals surface area contributed by atoms with Gasteiger partial charge in [0, 0.05) is 43.3 Å². The summed E-state index contributed by atoms with van der Waals surface area (Å²) in [6, 6.07) is 13.4. The smallest absolute Gasteiger partial charge is 0.240 e. The highest BCUT2D eigenvalue weighted by molar-refractivity contribution is 7.22. The molecular weight excluding hydrogens is 598 g/mol. The number of carbonyl (C=O) groups is 2. The van der Waals surface area contributed by atoms with Crippen LogP contribution in [0.1, 0.15) is 25.7 Å². The molecule has 2 fully saturated rings. The van der Waals surface area contributed by atoms with Crippen molar-refractivity contribution < 1.29 is 23.1 Å². The van der Waals surface area contributed by atoms with E-state index in [1.807, 2.05) is 18.6 Å². The predicted molar refractivity (Wildman–Crippen MR) is 168 cm³/mol. The van der Waals surface area contributed by atoms with Gasteiger partial charge in [-0.3, -0.25) is 14.6 Å². The summed E-state index contributed by atoms with van der Waals surface area (Å²) in [7, 11) is 0. The van der Waals surface area contributed by atoms with Crippen molar-refractivity contribution in [3.8, 4) is 22.1 Å². The number of nitrogens with zero attached hydrogens (tertiary/aromatic N) is 4. The van der Waals surface area contributed by atoms with Gasteiger partial charge in [-0.1, -0.05) is 12.1 Å². The first-order chi connectivity index (χ1) is 21.9. The van der Waals surface area contributed by atoms with Crippen molar-refractivity contribution in [2.45, 2.75) is 32.2 Å². The minimum Gasteiger partial charge on any atom is -0.453 e. The fraction of sp³-hybridized carbons (Fsp3) is 0.273. The molecule has 9 nitrogen and oxygen atoms in total. The van der Waals surface area contributed by atoms with E-state index in [0.717, 1.165) is 47.5 Å². The number of anilines is 2. The first-order valence-electron chi connectivity index (χ1n) is 14.9. The number of rotatable bonds is 10.